The molecule has 1 aromatic rings. The zero-order valence-corrected chi connectivity index (χ0v) is 12.0. The zero-order valence-electron chi connectivity index (χ0n) is 12.0. The molecule has 0 bridgehead atoms. The van der Waals surface area contributed by atoms with Crippen LogP contribution in [0.5, 0.6) is 0 Å². The Labute approximate surface area is 115 Å². The molecule has 1 aliphatic rings. The Bertz CT molecular complexity index is 480. The topological polar surface area (TPSA) is 49.3 Å². The van der Waals surface area contributed by atoms with Crippen LogP contribution in [0.4, 0.5) is 5.69 Å². The quantitative estimate of drug-likeness (QED) is 0.862. The Balaban J connectivity index is 2.09. The van der Waals surface area contributed by atoms with Gasteiger partial charge in [-0.05, 0) is 55.4 Å². The number of carbonyl (C=O) groups is 1. The van der Waals surface area contributed by atoms with Gasteiger partial charge in [0, 0.05) is 11.7 Å². The Hall–Kier alpha value is -1.51. The second kappa shape index (κ2) is 5.24. The van der Waals surface area contributed by atoms with E-state index in [1.807, 2.05) is 13.0 Å². The molecule has 0 radical (unpaired) electrons. The third-order valence-corrected chi connectivity index (χ3v) is 4.04. The van der Waals surface area contributed by atoms with Crippen molar-refractivity contribution in [2.45, 2.75) is 52.5 Å². The first kappa shape index (κ1) is 13.9. The van der Waals surface area contributed by atoms with Crippen LogP contribution in [-0.2, 0) is 0 Å². The molecule has 1 saturated carbocycles. The summed E-state index contributed by atoms with van der Waals surface area (Å²) in [5.74, 6) is -0.867. The second-order valence-electron chi connectivity index (χ2n) is 6.44. The zero-order chi connectivity index (χ0) is 14.0. The van der Waals surface area contributed by atoms with Crippen molar-refractivity contribution in [1.29, 1.82) is 0 Å². The predicted octanol–water partition coefficient (Wildman–Crippen LogP) is 4.07. The van der Waals surface area contributed by atoms with Crippen LogP contribution in [0.15, 0.2) is 18.2 Å². The van der Waals surface area contributed by atoms with E-state index in [9.17, 15) is 4.79 Å². The van der Waals surface area contributed by atoms with Crippen molar-refractivity contribution in [3.8, 4) is 0 Å². The minimum absolute atomic E-state index is 0.354. The van der Waals surface area contributed by atoms with Crippen LogP contribution >= 0.6 is 0 Å². The Morgan fingerprint density at radius 2 is 2.16 bits per heavy atom. The van der Waals surface area contributed by atoms with Gasteiger partial charge in [-0.1, -0.05) is 20.3 Å². The summed E-state index contributed by atoms with van der Waals surface area (Å²) in [6.07, 6.45) is 4.93. The van der Waals surface area contributed by atoms with E-state index in [4.69, 9.17) is 5.11 Å². The molecule has 0 aromatic heterocycles. The average Bonchev–Trinajstić information content (AvgIpc) is 2.30. The Kier molecular flexibility index (Phi) is 3.83. The number of aryl methyl sites for hydroxylation is 1. The van der Waals surface area contributed by atoms with E-state index in [2.05, 4.69) is 19.2 Å². The summed E-state index contributed by atoms with van der Waals surface area (Å²) in [4.78, 5) is 10.9. The number of hydrogen-bond acceptors (Lipinski definition) is 2. The van der Waals surface area contributed by atoms with Gasteiger partial charge in [0.1, 0.15) is 0 Å². The molecule has 1 atom stereocenters. The monoisotopic (exact) mass is 261 g/mol. The van der Waals surface area contributed by atoms with Crippen LogP contribution in [-0.4, -0.2) is 17.1 Å². The van der Waals surface area contributed by atoms with E-state index in [0.717, 1.165) is 11.3 Å². The van der Waals surface area contributed by atoms with Gasteiger partial charge in [-0.2, -0.15) is 0 Å². The fourth-order valence-electron chi connectivity index (χ4n) is 3.00. The normalized spacial score (nSPS) is 21.9. The molecule has 0 heterocycles. The van der Waals surface area contributed by atoms with Gasteiger partial charge in [-0.15, -0.1) is 0 Å². The van der Waals surface area contributed by atoms with Crippen molar-refractivity contribution >= 4 is 11.7 Å². The third kappa shape index (κ3) is 3.49. The summed E-state index contributed by atoms with van der Waals surface area (Å²) in [7, 11) is 0. The van der Waals surface area contributed by atoms with Gasteiger partial charge in [0.05, 0.1) is 5.56 Å². The van der Waals surface area contributed by atoms with Crippen molar-refractivity contribution < 1.29 is 9.90 Å². The summed E-state index contributed by atoms with van der Waals surface area (Å²) < 4.78 is 0. The fraction of sp³-hybridized carbons (Fsp3) is 0.562. The van der Waals surface area contributed by atoms with Crippen molar-refractivity contribution in [1.82, 2.24) is 0 Å². The number of rotatable bonds is 3. The first-order valence-corrected chi connectivity index (χ1v) is 6.98. The summed E-state index contributed by atoms with van der Waals surface area (Å²) in [5, 5.41) is 12.5. The number of nitrogens with one attached hydrogen (secondary N) is 1. The van der Waals surface area contributed by atoms with Crippen LogP contribution in [0.1, 0.15) is 55.5 Å². The number of benzene rings is 1. The van der Waals surface area contributed by atoms with E-state index in [1.165, 1.54) is 25.7 Å². The van der Waals surface area contributed by atoms with Crippen LogP contribution in [0.25, 0.3) is 0 Å². The van der Waals surface area contributed by atoms with Crippen molar-refractivity contribution in [2.75, 3.05) is 5.32 Å². The molecule has 1 fully saturated rings. The maximum absolute atomic E-state index is 10.9. The molecule has 0 spiro atoms. The molecular weight excluding hydrogens is 238 g/mol. The number of carboxylic acids is 1. The third-order valence-electron chi connectivity index (χ3n) is 4.04. The highest BCUT2D eigenvalue weighted by molar-refractivity contribution is 5.88. The van der Waals surface area contributed by atoms with Gasteiger partial charge >= 0.3 is 5.97 Å². The molecule has 1 unspecified atom stereocenters. The van der Waals surface area contributed by atoms with E-state index < -0.39 is 5.97 Å². The molecule has 0 amide bonds. The molecule has 3 heteroatoms. The maximum Gasteiger partial charge on any atom is 0.335 e. The maximum atomic E-state index is 10.9. The predicted molar refractivity (Wildman–Crippen MR) is 77.8 cm³/mol. The van der Waals surface area contributed by atoms with Crippen LogP contribution in [0, 0.1) is 12.3 Å². The summed E-state index contributed by atoms with van der Waals surface area (Å²) in [6.45, 7) is 6.60. The number of carboxylic acid groups (broad SMARTS) is 1. The highest BCUT2D eigenvalue weighted by Gasteiger charge is 2.27. The average molecular weight is 261 g/mol. The molecule has 1 aromatic carbocycles. The highest BCUT2D eigenvalue weighted by atomic mass is 16.4. The van der Waals surface area contributed by atoms with Crippen LogP contribution < -0.4 is 5.32 Å². The molecule has 19 heavy (non-hydrogen) atoms. The smallest absolute Gasteiger partial charge is 0.335 e. The lowest BCUT2D eigenvalue weighted by molar-refractivity contribution is 0.0697. The lowest BCUT2D eigenvalue weighted by Gasteiger charge is -2.36. The van der Waals surface area contributed by atoms with Crippen molar-refractivity contribution in [2.24, 2.45) is 5.41 Å². The molecule has 2 N–H and O–H groups in total. The molecule has 3 nitrogen and oxygen atoms in total. The number of aromatic carboxylic acids is 1. The van der Waals surface area contributed by atoms with E-state index in [1.54, 1.807) is 12.1 Å². The van der Waals surface area contributed by atoms with Gasteiger partial charge in [0.2, 0.25) is 0 Å². The van der Waals surface area contributed by atoms with Gasteiger partial charge in [0.15, 0.2) is 0 Å². The van der Waals surface area contributed by atoms with Gasteiger partial charge in [-0.25, -0.2) is 4.79 Å². The standard InChI is InChI=1S/C16H23NO2/c1-11-9-12(15(18)19)6-7-14(11)17-13-5-4-8-16(2,3)10-13/h6-7,9,13,17H,4-5,8,10H2,1-3H3,(H,18,19). The lowest BCUT2D eigenvalue weighted by atomic mass is 9.75. The molecule has 1 aliphatic carbocycles. The minimum Gasteiger partial charge on any atom is -0.478 e. The number of hydrogen-bond donors (Lipinski definition) is 2. The Morgan fingerprint density at radius 3 is 2.74 bits per heavy atom. The van der Waals surface area contributed by atoms with Gasteiger partial charge in [0.25, 0.3) is 0 Å². The minimum atomic E-state index is -0.867. The largest absolute Gasteiger partial charge is 0.478 e. The molecule has 0 aliphatic heterocycles. The molecule has 0 saturated heterocycles. The van der Waals surface area contributed by atoms with E-state index >= 15 is 0 Å². The summed E-state index contributed by atoms with van der Waals surface area (Å²) in [6, 6.07) is 5.79. The number of anilines is 1. The van der Waals surface area contributed by atoms with Crippen molar-refractivity contribution in [3.63, 3.8) is 0 Å². The van der Waals surface area contributed by atoms with Crippen LogP contribution in [0.2, 0.25) is 0 Å². The molecular formula is C16H23NO2. The molecule has 104 valence electrons. The summed E-state index contributed by atoms with van der Waals surface area (Å²) >= 11 is 0. The first-order valence-electron chi connectivity index (χ1n) is 6.98. The second-order valence-corrected chi connectivity index (χ2v) is 6.44. The molecule has 2 rings (SSSR count). The summed E-state index contributed by atoms with van der Waals surface area (Å²) in [5.41, 5.74) is 2.83. The Morgan fingerprint density at radius 1 is 1.42 bits per heavy atom. The lowest BCUT2D eigenvalue weighted by Crippen LogP contribution is -2.31. The van der Waals surface area contributed by atoms with E-state index in [0.29, 0.717) is 17.0 Å². The van der Waals surface area contributed by atoms with Crippen molar-refractivity contribution in [3.05, 3.63) is 29.3 Å². The first-order chi connectivity index (χ1) is 8.87. The van der Waals surface area contributed by atoms with Gasteiger partial charge in [-0.3, -0.25) is 0 Å². The fourth-order valence-corrected chi connectivity index (χ4v) is 3.00. The van der Waals surface area contributed by atoms with E-state index in [-0.39, 0.29) is 0 Å². The van der Waals surface area contributed by atoms with Gasteiger partial charge < -0.3 is 10.4 Å². The SMILES string of the molecule is Cc1cc(C(=O)O)ccc1NC1CCCC(C)(C)C1. The van der Waals surface area contributed by atoms with Crippen LogP contribution in [0.3, 0.4) is 0 Å². The highest BCUT2D eigenvalue weighted by Crippen LogP contribution is 2.36.